The van der Waals surface area contributed by atoms with E-state index in [-0.39, 0.29) is 11.3 Å². The number of hydrogen-bond acceptors (Lipinski definition) is 5. The quantitative estimate of drug-likeness (QED) is 0.614. The fourth-order valence-electron chi connectivity index (χ4n) is 2.73. The molecule has 0 bridgehead atoms. The van der Waals surface area contributed by atoms with Crippen LogP contribution in [0.4, 0.5) is 0 Å². The molecule has 0 spiro atoms. The van der Waals surface area contributed by atoms with Crippen LogP contribution in [0, 0.1) is 6.92 Å². The molecule has 3 aromatic heterocycles. The van der Waals surface area contributed by atoms with Gasteiger partial charge < -0.3 is 9.52 Å². The first-order valence-electron chi connectivity index (χ1n) is 7.37. The smallest absolute Gasteiger partial charge is 0.349 e. The molecule has 6 heteroatoms. The van der Waals surface area contributed by atoms with Gasteiger partial charge in [0.1, 0.15) is 17.1 Å². The van der Waals surface area contributed by atoms with E-state index in [1.165, 1.54) is 10.6 Å². The zero-order valence-electron chi connectivity index (χ0n) is 12.8. The molecule has 0 radical (unpaired) electrons. The van der Waals surface area contributed by atoms with Gasteiger partial charge in [-0.05, 0) is 18.6 Å². The van der Waals surface area contributed by atoms with E-state index in [1.807, 2.05) is 30.3 Å². The first kappa shape index (κ1) is 14.2. The molecule has 0 amide bonds. The summed E-state index contributed by atoms with van der Waals surface area (Å²) in [6, 6.07) is 12.8. The van der Waals surface area contributed by atoms with Crippen molar-refractivity contribution in [3.63, 3.8) is 0 Å². The molecule has 118 valence electrons. The topological polar surface area (TPSA) is 80.6 Å². The van der Waals surface area contributed by atoms with Crippen LogP contribution in [0.3, 0.4) is 0 Å². The number of rotatable bonds is 2. The van der Waals surface area contributed by atoms with Gasteiger partial charge in [-0.15, -0.1) is 0 Å². The average molecular weight is 319 g/mol. The second kappa shape index (κ2) is 5.34. The molecule has 3 heterocycles. The number of fused-ring (bicyclic) bond motifs is 1. The van der Waals surface area contributed by atoms with E-state index >= 15 is 0 Å². The van der Waals surface area contributed by atoms with Gasteiger partial charge in [0, 0.05) is 17.8 Å². The van der Waals surface area contributed by atoms with Gasteiger partial charge in [0.2, 0.25) is 0 Å². The third-order valence-electron chi connectivity index (χ3n) is 3.80. The highest BCUT2D eigenvalue weighted by atomic mass is 16.4. The summed E-state index contributed by atoms with van der Waals surface area (Å²) < 4.78 is 6.64. The van der Waals surface area contributed by atoms with Crippen molar-refractivity contribution in [3.05, 3.63) is 71.0 Å². The minimum absolute atomic E-state index is 0.0655. The summed E-state index contributed by atoms with van der Waals surface area (Å²) in [7, 11) is 0. The molecule has 24 heavy (non-hydrogen) atoms. The Morgan fingerprint density at radius 3 is 2.71 bits per heavy atom. The minimum atomic E-state index is -0.614. The molecule has 0 atom stereocenters. The Bertz CT molecular complexity index is 1100. The lowest BCUT2D eigenvalue weighted by atomic mass is 10.1. The van der Waals surface area contributed by atoms with Crippen LogP contribution in [0.15, 0.2) is 64.1 Å². The number of aryl methyl sites for hydroxylation is 1. The molecule has 0 saturated carbocycles. The van der Waals surface area contributed by atoms with E-state index in [0.29, 0.717) is 17.1 Å². The Hall–Kier alpha value is -3.41. The molecule has 6 nitrogen and oxygen atoms in total. The largest absolute Gasteiger partial charge is 0.507 e. The SMILES string of the molecule is Cc1cc(O)c(-c2ccnc3c(-c4ccccc4)cnn23)c(=O)o1. The third-order valence-corrected chi connectivity index (χ3v) is 3.80. The maximum Gasteiger partial charge on any atom is 0.349 e. The van der Waals surface area contributed by atoms with Crippen LogP contribution in [0.5, 0.6) is 5.75 Å². The van der Waals surface area contributed by atoms with Crippen molar-refractivity contribution < 1.29 is 9.52 Å². The third kappa shape index (κ3) is 2.16. The molecule has 0 unspecified atom stereocenters. The minimum Gasteiger partial charge on any atom is -0.507 e. The summed E-state index contributed by atoms with van der Waals surface area (Å²) >= 11 is 0. The fourth-order valence-corrected chi connectivity index (χ4v) is 2.73. The molecule has 4 rings (SSSR count). The Labute approximate surface area is 136 Å². The standard InChI is InChI=1S/C18H13N3O3/c1-11-9-15(22)16(18(23)24-11)14-7-8-19-17-13(10-20-21(14)17)12-5-3-2-4-6-12/h2-10,22H,1H3. The Kier molecular flexibility index (Phi) is 3.16. The average Bonchev–Trinajstić information content (AvgIpc) is 2.99. The maximum atomic E-state index is 12.2. The van der Waals surface area contributed by atoms with E-state index in [4.69, 9.17) is 4.42 Å². The van der Waals surface area contributed by atoms with E-state index in [1.54, 1.807) is 25.4 Å². The monoisotopic (exact) mass is 319 g/mol. The fraction of sp³-hybridized carbons (Fsp3) is 0.0556. The second-order valence-corrected chi connectivity index (χ2v) is 5.39. The molecule has 0 saturated heterocycles. The number of hydrogen-bond donors (Lipinski definition) is 1. The van der Waals surface area contributed by atoms with Crippen molar-refractivity contribution in [2.45, 2.75) is 6.92 Å². The lowest BCUT2D eigenvalue weighted by Crippen LogP contribution is -2.08. The number of aromatic hydroxyl groups is 1. The van der Waals surface area contributed by atoms with Gasteiger partial charge in [0.15, 0.2) is 5.65 Å². The number of aromatic nitrogens is 3. The zero-order valence-corrected chi connectivity index (χ0v) is 12.8. The van der Waals surface area contributed by atoms with Crippen molar-refractivity contribution in [2.24, 2.45) is 0 Å². The normalized spacial score (nSPS) is 11.0. The summed E-state index contributed by atoms with van der Waals surface area (Å²) in [6.45, 7) is 1.61. The Morgan fingerprint density at radius 1 is 1.17 bits per heavy atom. The first-order chi connectivity index (χ1) is 11.6. The van der Waals surface area contributed by atoms with Crippen molar-refractivity contribution >= 4 is 5.65 Å². The van der Waals surface area contributed by atoms with Crippen LogP contribution in [0.2, 0.25) is 0 Å². The van der Waals surface area contributed by atoms with Crippen molar-refractivity contribution in [1.82, 2.24) is 14.6 Å². The van der Waals surface area contributed by atoms with Crippen LogP contribution in [-0.2, 0) is 0 Å². The summed E-state index contributed by atoms with van der Waals surface area (Å²) in [5.74, 6) is 0.199. The molecule has 1 aromatic carbocycles. The van der Waals surface area contributed by atoms with Gasteiger partial charge in [0.05, 0.1) is 11.9 Å². The maximum absolute atomic E-state index is 12.2. The first-order valence-corrected chi connectivity index (χ1v) is 7.37. The molecule has 0 aliphatic heterocycles. The van der Waals surface area contributed by atoms with Crippen LogP contribution in [-0.4, -0.2) is 19.7 Å². The molecule has 0 aliphatic carbocycles. The summed E-state index contributed by atoms with van der Waals surface area (Å²) in [4.78, 5) is 16.6. The van der Waals surface area contributed by atoms with Gasteiger partial charge in [-0.3, -0.25) is 0 Å². The molecular weight excluding hydrogens is 306 g/mol. The summed E-state index contributed by atoms with van der Waals surface area (Å²) in [5, 5.41) is 14.5. The lowest BCUT2D eigenvalue weighted by molar-refractivity contribution is 0.437. The van der Waals surface area contributed by atoms with E-state index in [9.17, 15) is 9.90 Å². The van der Waals surface area contributed by atoms with E-state index in [0.717, 1.165) is 11.1 Å². The predicted octanol–water partition coefficient (Wildman–Crippen LogP) is 3.03. The molecule has 0 fully saturated rings. The van der Waals surface area contributed by atoms with Gasteiger partial charge in [0.25, 0.3) is 0 Å². The Balaban J connectivity index is 2.00. The lowest BCUT2D eigenvalue weighted by Gasteiger charge is -2.06. The second-order valence-electron chi connectivity index (χ2n) is 5.39. The highest BCUT2D eigenvalue weighted by Gasteiger charge is 2.18. The molecule has 4 aromatic rings. The van der Waals surface area contributed by atoms with Crippen LogP contribution in [0.25, 0.3) is 28.0 Å². The van der Waals surface area contributed by atoms with Gasteiger partial charge in [-0.1, -0.05) is 30.3 Å². The molecule has 0 aliphatic rings. The van der Waals surface area contributed by atoms with E-state index in [2.05, 4.69) is 10.1 Å². The van der Waals surface area contributed by atoms with Gasteiger partial charge in [-0.2, -0.15) is 5.10 Å². The number of nitrogens with zero attached hydrogens (tertiary/aromatic N) is 3. The van der Waals surface area contributed by atoms with Crippen LogP contribution >= 0.6 is 0 Å². The predicted molar refractivity (Wildman–Crippen MR) is 88.8 cm³/mol. The molecule has 1 N–H and O–H groups in total. The summed E-state index contributed by atoms with van der Waals surface area (Å²) in [5.41, 5.74) is 2.28. The van der Waals surface area contributed by atoms with Crippen LogP contribution < -0.4 is 5.63 Å². The highest BCUT2D eigenvalue weighted by molar-refractivity contribution is 5.79. The van der Waals surface area contributed by atoms with Gasteiger partial charge in [-0.25, -0.2) is 14.3 Å². The van der Waals surface area contributed by atoms with E-state index < -0.39 is 5.63 Å². The van der Waals surface area contributed by atoms with Gasteiger partial charge >= 0.3 is 5.63 Å². The Morgan fingerprint density at radius 2 is 1.96 bits per heavy atom. The van der Waals surface area contributed by atoms with Crippen molar-refractivity contribution in [1.29, 1.82) is 0 Å². The van der Waals surface area contributed by atoms with Crippen molar-refractivity contribution in [3.8, 4) is 28.1 Å². The van der Waals surface area contributed by atoms with Crippen LogP contribution in [0.1, 0.15) is 5.76 Å². The number of benzene rings is 1. The highest BCUT2D eigenvalue weighted by Crippen LogP contribution is 2.29. The zero-order chi connectivity index (χ0) is 16.7. The molecular formula is C18H13N3O3. The van der Waals surface area contributed by atoms with Crippen molar-refractivity contribution in [2.75, 3.05) is 0 Å². The summed E-state index contributed by atoms with van der Waals surface area (Å²) in [6.07, 6.45) is 3.27.